The van der Waals surface area contributed by atoms with Crippen LogP contribution in [0.15, 0.2) is 23.8 Å². The number of allylic oxidation sites excluding steroid dienone is 3. The van der Waals surface area contributed by atoms with E-state index < -0.39 is 0 Å². The van der Waals surface area contributed by atoms with Gasteiger partial charge in [0.15, 0.2) is 0 Å². The highest BCUT2D eigenvalue weighted by molar-refractivity contribution is 5.30. The zero-order valence-corrected chi connectivity index (χ0v) is 10.2. The molecule has 0 aliphatic heterocycles. The first kappa shape index (κ1) is 9.69. The Hall–Kier alpha value is -0.520. The lowest BCUT2D eigenvalue weighted by molar-refractivity contribution is -0.0211. The highest BCUT2D eigenvalue weighted by Gasteiger charge is 2.56. The maximum Gasteiger partial charge on any atom is -0.0131 e. The van der Waals surface area contributed by atoms with Gasteiger partial charge in [-0.3, -0.25) is 0 Å². The fraction of sp³-hybridized carbons (Fsp3) is 0.733. The van der Waals surface area contributed by atoms with E-state index in [4.69, 9.17) is 0 Å². The molecule has 0 nitrogen and oxygen atoms in total. The first-order chi connectivity index (χ1) is 7.04. The van der Waals surface area contributed by atoms with E-state index in [1.807, 2.05) is 0 Å². The molecule has 2 fully saturated rings. The summed E-state index contributed by atoms with van der Waals surface area (Å²) in [5.41, 5.74) is 3.72. The predicted molar refractivity (Wildman–Crippen MR) is 64.5 cm³/mol. The predicted octanol–water partition coefficient (Wildman–Crippen LogP) is 4.19. The number of hydrogen-bond acceptors (Lipinski definition) is 0. The Bertz CT molecular complexity index is 349. The van der Waals surface area contributed by atoms with Gasteiger partial charge in [-0.05, 0) is 55.3 Å². The van der Waals surface area contributed by atoms with Crippen molar-refractivity contribution in [1.29, 1.82) is 0 Å². The molecule has 5 atom stereocenters. The van der Waals surface area contributed by atoms with E-state index in [-0.39, 0.29) is 0 Å². The van der Waals surface area contributed by atoms with Crippen LogP contribution in [0.4, 0.5) is 0 Å². The number of fused-ring (bicyclic) bond motifs is 1. The molecule has 0 aromatic rings. The second-order valence-electron chi connectivity index (χ2n) is 6.32. The highest BCUT2D eigenvalue weighted by Crippen LogP contribution is 2.64. The Morgan fingerprint density at radius 1 is 1.47 bits per heavy atom. The van der Waals surface area contributed by atoms with Crippen LogP contribution in [0.2, 0.25) is 0 Å². The smallest absolute Gasteiger partial charge is 0.0131 e. The molecule has 0 N–H and O–H groups in total. The molecule has 0 saturated heterocycles. The largest absolute Gasteiger partial charge is 0.0996 e. The molecule has 82 valence electrons. The van der Waals surface area contributed by atoms with Crippen molar-refractivity contribution in [3.8, 4) is 0 Å². The molecular weight excluding hydrogens is 180 g/mol. The van der Waals surface area contributed by atoms with Crippen LogP contribution in [-0.2, 0) is 0 Å². The van der Waals surface area contributed by atoms with Gasteiger partial charge in [0.05, 0.1) is 0 Å². The Kier molecular flexibility index (Phi) is 1.80. The van der Waals surface area contributed by atoms with Crippen LogP contribution < -0.4 is 0 Å². The van der Waals surface area contributed by atoms with Crippen LogP contribution in [0.3, 0.4) is 0 Å². The second kappa shape index (κ2) is 2.78. The van der Waals surface area contributed by atoms with Crippen molar-refractivity contribution in [2.24, 2.45) is 29.1 Å². The molecule has 0 heterocycles. The van der Waals surface area contributed by atoms with Crippen molar-refractivity contribution in [3.63, 3.8) is 0 Å². The number of hydrogen-bond donors (Lipinski definition) is 0. The van der Waals surface area contributed by atoms with Crippen molar-refractivity contribution in [3.05, 3.63) is 23.8 Å². The first-order valence-corrected chi connectivity index (χ1v) is 6.40. The molecule has 0 bridgehead atoms. The summed E-state index contributed by atoms with van der Waals surface area (Å²) in [6.45, 7) is 11.4. The van der Waals surface area contributed by atoms with Gasteiger partial charge in [0, 0.05) is 0 Å². The molecule has 3 aliphatic carbocycles. The second-order valence-corrected chi connectivity index (χ2v) is 6.32. The third-order valence-electron chi connectivity index (χ3n) is 5.91. The molecule has 0 heteroatoms. The maximum atomic E-state index is 4.23. The average molecular weight is 202 g/mol. The fourth-order valence-corrected chi connectivity index (χ4v) is 4.25. The summed E-state index contributed by atoms with van der Waals surface area (Å²) in [7, 11) is 0. The monoisotopic (exact) mass is 202 g/mol. The zero-order valence-electron chi connectivity index (χ0n) is 10.2. The van der Waals surface area contributed by atoms with Gasteiger partial charge in [-0.1, -0.05) is 37.6 Å². The summed E-state index contributed by atoms with van der Waals surface area (Å²) < 4.78 is 0. The van der Waals surface area contributed by atoms with E-state index in [1.165, 1.54) is 24.8 Å². The summed E-state index contributed by atoms with van der Waals surface area (Å²) in [5, 5.41) is 0. The minimum Gasteiger partial charge on any atom is -0.0996 e. The van der Waals surface area contributed by atoms with Crippen LogP contribution in [0.25, 0.3) is 0 Å². The molecule has 3 rings (SSSR count). The van der Waals surface area contributed by atoms with Crippen LogP contribution in [0, 0.1) is 29.1 Å². The lowest BCUT2D eigenvalue weighted by Gasteiger charge is -2.58. The molecule has 0 amide bonds. The van der Waals surface area contributed by atoms with E-state index in [2.05, 4.69) is 33.4 Å². The topological polar surface area (TPSA) is 0 Å². The standard InChI is InChI=1S/C15H22/c1-9-5-6-15(4,11(9)3)14-8-12-10(2)7-13(12)14/h7,11-14H,1,5-6,8H2,2-4H3. The van der Waals surface area contributed by atoms with Gasteiger partial charge in [0.1, 0.15) is 0 Å². The van der Waals surface area contributed by atoms with Crippen molar-refractivity contribution in [2.75, 3.05) is 0 Å². The normalized spacial score (nSPS) is 53.0. The van der Waals surface area contributed by atoms with E-state index in [0.717, 1.165) is 23.7 Å². The molecule has 15 heavy (non-hydrogen) atoms. The van der Waals surface area contributed by atoms with Crippen LogP contribution in [0.1, 0.15) is 40.0 Å². The SMILES string of the molecule is C=C1CCC(C)(C2CC3C(C)=CC32)C1C. The van der Waals surface area contributed by atoms with Gasteiger partial charge in [-0.2, -0.15) is 0 Å². The summed E-state index contributed by atoms with van der Waals surface area (Å²) in [4.78, 5) is 0. The summed E-state index contributed by atoms with van der Waals surface area (Å²) in [6, 6.07) is 0. The van der Waals surface area contributed by atoms with Crippen LogP contribution in [0.5, 0.6) is 0 Å². The van der Waals surface area contributed by atoms with Gasteiger partial charge in [-0.25, -0.2) is 0 Å². The molecule has 0 radical (unpaired) electrons. The third-order valence-corrected chi connectivity index (χ3v) is 5.91. The third kappa shape index (κ3) is 1.03. The van der Waals surface area contributed by atoms with Crippen molar-refractivity contribution in [1.82, 2.24) is 0 Å². The Morgan fingerprint density at radius 2 is 2.20 bits per heavy atom. The lowest BCUT2D eigenvalue weighted by Crippen LogP contribution is -2.51. The maximum absolute atomic E-state index is 4.23. The van der Waals surface area contributed by atoms with Crippen LogP contribution in [-0.4, -0.2) is 0 Å². The highest BCUT2D eigenvalue weighted by atomic mass is 14.6. The zero-order chi connectivity index (χ0) is 10.8. The van der Waals surface area contributed by atoms with Gasteiger partial charge >= 0.3 is 0 Å². The van der Waals surface area contributed by atoms with Gasteiger partial charge in [0.2, 0.25) is 0 Å². The first-order valence-electron chi connectivity index (χ1n) is 6.40. The number of rotatable bonds is 1. The minimum atomic E-state index is 0.565. The summed E-state index contributed by atoms with van der Waals surface area (Å²) in [6.07, 6.45) is 6.64. The van der Waals surface area contributed by atoms with Crippen molar-refractivity contribution in [2.45, 2.75) is 40.0 Å². The molecular formula is C15H22. The molecule has 3 aliphatic rings. The molecule has 0 spiro atoms. The quantitative estimate of drug-likeness (QED) is 0.559. The molecule has 2 saturated carbocycles. The molecule has 0 aromatic heterocycles. The van der Waals surface area contributed by atoms with E-state index in [9.17, 15) is 0 Å². The van der Waals surface area contributed by atoms with Crippen molar-refractivity contribution < 1.29 is 0 Å². The lowest BCUT2D eigenvalue weighted by atomic mass is 9.46. The van der Waals surface area contributed by atoms with Gasteiger partial charge < -0.3 is 0 Å². The fourth-order valence-electron chi connectivity index (χ4n) is 4.25. The minimum absolute atomic E-state index is 0.565. The van der Waals surface area contributed by atoms with Gasteiger partial charge in [0.25, 0.3) is 0 Å². The van der Waals surface area contributed by atoms with Crippen LogP contribution >= 0.6 is 0 Å². The Morgan fingerprint density at radius 3 is 2.60 bits per heavy atom. The van der Waals surface area contributed by atoms with Gasteiger partial charge in [-0.15, -0.1) is 0 Å². The van der Waals surface area contributed by atoms with E-state index in [0.29, 0.717) is 5.41 Å². The Labute approximate surface area is 93.5 Å². The van der Waals surface area contributed by atoms with Crippen molar-refractivity contribution >= 4 is 0 Å². The molecule has 0 aromatic carbocycles. The van der Waals surface area contributed by atoms with E-state index >= 15 is 0 Å². The summed E-state index contributed by atoms with van der Waals surface area (Å²) >= 11 is 0. The molecule has 5 unspecified atom stereocenters. The summed E-state index contributed by atoms with van der Waals surface area (Å²) in [5.74, 6) is 3.61. The van der Waals surface area contributed by atoms with E-state index in [1.54, 1.807) is 5.57 Å². The Balaban J connectivity index is 1.81. The average Bonchev–Trinajstić information content (AvgIpc) is 2.43.